The number of rotatable bonds is 10. The molecule has 0 saturated heterocycles. The number of unbranched alkanes of at least 4 members (excludes halogenated alkanes) is 7. The first-order chi connectivity index (χ1) is 12.5. The number of hydrogen-bond donors (Lipinski definition) is 2. The van der Waals surface area contributed by atoms with E-state index in [0.29, 0.717) is 11.9 Å². The lowest BCUT2D eigenvalue weighted by molar-refractivity contribution is 0.465. The van der Waals surface area contributed by atoms with Gasteiger partial charge in [0, 0.05) is 12.2 Å². The lowest BCUT2D eigenvalue weighted by atomic mass is 10.1. The molecule has 0 amide bonds. The van der Waals surface area contributed by atoms with Crippen molar-refractivity contribution in [2.75, 3.05) is 11.4 Å². The Bertz CT molecular complexity index is 592. The molecule has 2 rings (SSSR count). The molecule has 26 heavy (non-hydrogen) atoms. The van der Waals surface area contributed by atoms with Crippen molar-refractivity contribution in [1.82, 2.24) is 5.32 Å². The van der Waals surface area contributed by atoms with E-state index in [1.807, 2.05) is 35.2 Å². The molecule has 1 heterocycles. The van der Waals surface area contributed by atoms with Crippen LogP contribution in [0, 0.1) is 0 Å². The number of nitrogens with two attached hydrogens (primary N) is 1. The van der Waals surface area contributed by atoms with Gasteiger partial charge in [-0.25, -0.2) is 0 Å². The first kappa shape index (κ1) is 20.3. The fourth-order valence-electron chi connectivity index (χ4n) is 3.34. The Balaban J connectivity index is 1.82. The van der Waals surface area contributed by atoms with Crippen molar-refractivity contribution in [3.63, 3.8) is 0 Å². The fourth-order valence-corrected chi connectivity index (χ4v) is 3.34. The molecule has 0 fully saturated rings. The van der Waals surface area contributed by atoms with E-state index in [2.05, 4.69) is 36.1 Å². The largest absolute Gasteiger partial charge is 0.369 e. The standard InChI is InChI=1S/C21H35N5/c1-4-5-6-7-8-9-10-14-17-23-20-24-19(22)26(21(2,3)25-20)18-15-12-11-13-16-18/h11-13,15-16H,4-10,14,17H2,1-3H3,(H3,22,23,24,25). The molecular formula is C21H35N5. The summed E-state index contributed by atoms with van der Waals surface area (Å²) in [5.41, 5.74) is 6.89. The van der Waals surface area contributed by atoms with Gasteiger partial charge < -0.3 is 11.1 Å². The van der Waals surface area contributed by atoms with Crippen LogP contribution in [0.15, 0.2) is 40.3 Å². The van der Waals surface area contributed by atoms with E-state index in [1.54, 1.807) is 0 Å². The Kier molecular flexibility index (Phi) is 7.95. The van der Waals surface area contributed by atoms with Crippen molar-refractivity contribution in [3.8, 4) is 0 Å². The van der Waals surface area contributed by atoms with Gasteiger partial charge in [0.2, 0.25) is 11.9 Å². The molecule has 1 aromatic rings. The van der Waals surface area contributed by atoms with E-state index in [9.17, 15) is 0 Å². The number of aliphatic imine (C=N–C) groups is 2. The summed E-state index contributed by atoms with van der Waals surface area (Å²) < 4.78 is 0. The topological polar surface area (TPSA) is 66.0 Å². The third kappa shape index (κ3) is 6.04. The fraction of sp³-hybridized carbons (Fsp3) is 0.619. The molecule has 1 aliphatic heterocycles. The summed E-state index contributed by atoms with van der Waals surface area (Å²) in [4.78, 5) is 11.1. The highest BCUT2D eigenvalue weighted by Crippen LogP contribution is 2.24. The highest BCUT2D eigenvalue weighted by molar-refractivity contribution is 6.06. The van der Waals surface area contributed by atoms with Gasteiger partial charge in [0.1, 0.15) is 5.66 Å². The Hall–Kier alpha value is -2.04. The molecule has 3 N–H and O–H groups in total. The molecule has 0 unspecified atom stereocenters. The van der Waals surface area contributed by atoms with Crippen molar-refractivity contribution in [3.05, 3.63) is 30.3 Å². The predicted molar refractivity (Wildman–Crippen MR) is 113 cm³/mol. The van der Waals surface area contributed by atoms with Crippen molar-refractivity contribution in [1.29, 1.82) is 0 Å². The lowest BCUT2D eigenvalue weighted by Crippen LogP contribution is -2.64. The van der Waals surface area contributed by atoms with E-state index in [4.69, 9.17) is 5.73 Å². The van der Waals surface area contributed by atoms with Gasteiger partial charge in [-0.3, -0.25) is 9.89 Å². The van der Waals surface area contributed by atoms with Crippen LogP contribution >= 0.6 is 0 Å². The van der Waals surface area contributed by atoms with Gasteiger partial charge in [-0.1, -0.05) is 70.1 Å². The zero-order valence-electron chi connectivity index (χ0n) is 16.7. The smallest absolute Gasteiger partial charge is 0.223 e. The Morgan fingerprint density at radius 2 is 1.62 bits per heavy atom. The van der Waals surface area contributed by atoms with E-state index >= 15 is 0 Å². The maximum absolute atomic E-state index is 6.24. The third-order valence-corrected chi connectivity index (χ3v) is 4.71. The van der Waals surface area contributed by atoms with Gasteiger partial charge in [0.05, 0.1) is 0 Å². The number of anilines is 1. The zero-order valence-corrected chi connectivity index (χ0v) is 16.7. The molecule has 5 nitrogen and oxygen atoms in total. The molecule has 144 valence electrons. The molecular weight excluding hydrogens is 322 g/mol. The summed E-state index contributed by atoms with van der Waals surface area (Å²) in [6.45, 7) is 7.24. The summed E-state index contributed by atoms with van der Waals surface area (Å²) in [6.07, 6.45) is 10.4. The van der Waals surface area contributed by atoms with E-state index in [1.165, 1.54) is 44.9 Å². The van der Waals surface area contributed by atoms with E-state index in [-0.39, 0.29) is 5.66 Å². The highest BCUT2D eigenvalue weighted by Gasteiger charge is 2.34. The number of hydrogen-bond acceptors (Lipinski definition) is 3. The first-order valence-corrected chi connectivity index (χ1v) is 10.1. The van der Waals surface area contributed by atoms with Gasteiger partial charge in [0.25, 0.3) is 0 Å². The second kappa shape index (κ2) is 10.2. The molecule has 0 aromatic heterocycles. The molecule has 0 saturated carbocycles. The van der Waals surface area contributed by atoms with Crippen molar-refractivity contribution >= 4 is 17.6 Å². The summed E-state index contributed by atoms with van der Waals surface area (Å²) in [7, 11) is 0. The van der Waals surface area contributed by atoms with Gasteiger partial charge in [0.15, 0.2) is 0 Å². The van der Waals surface area contributed by atoms with Crippen molar-refractivity contribution in [2.24, 2.45) is 15.7 Å². The van der Waals surface area contributed by atoms with E-state index < -0.39 is 0 Å². The molecule has 0 bridgehead atoms. The molecule has 1 aromatic carbocycles. The third-order valence-electron chi connectivity index (χ3n) is 4.71. The summed E-state index contributed by atoms with van der Waals surface area (Å²) in [5.74, 6) is 1.12. The van der Waals surface area contributed by atoms with E-state index in [0.717, 1.165) is 18.7 Å². The van der Waals surface area contributed by atoms with Crippen LogP contribution in [0.3, 0.4) is 0 Å². The van der Waals surface area contributed by atoms with Crippen molar-refractivity contribution in [2.45, 2.75) is 77.8 Å². The summed E-state index contributed by atoms with van der Waals surface area (Å²) >= 11 is 0. The number of nitrogens with zero attached hydrogens (tertiary/aromatic N) is 3. The van der Waals surface area contributed by atoms with Crippen LogP contribution in [0.1, 0.15) is 72.1 Å². The SMILES string of the molecule is CCCCCCCCCCN=C1N=C(N)N(c2ccccc2)C(C)(C)N1. The van der Waals surface area contributed by atoms with Crippen LogP contribution in [0.2, 0.25) is 0 Å². The Labute approximate surface area is 158 Å². The number of benzene rings is 1. The van der Waals surface area contributed by atoms with Crippen LogP contribution in [0.5, 0.6) is 0 Å². The number of nitrogens with one attached hydrogen (secondary N) is 1. The van der Waals surface area contributed by atoms with Gasteiger partial charge in [-0.15, -0.1) is 0 Å². The van der Waals surface area contributed by atoms with Crippen LogP contribution < -0.4 is 16.0 Å². The molecule has 1 aliphatic rings. The minimum atomic E-state index is -0.370. The van der Waals surface area contributed by atoms with Crippen LogP contribution in [0.25, 0.3) is 0 Å². The van der Waals surface area contributed by atoms with Crippen LogP contribution in [-0.4, -0.2) is 24.1 Å². The molecule has 0 spiro atoms. The quantitative estimate of drug-likeness (QED) is 0.599. The summed E-state index contributed by atoms with van der Waals surface area (Å²) in [5, 5.41) is 3.41. The lowest BCUT2D eigenvalue weighted by Gasteiger charge is -2.43. The normalized spacial score (nSPS) is 17.9. The highest BCUT2D eigenvalue weighted by atomic mass is 15.5. The Morgan fingerprint density at radius 1 is 1.00 bits per heavy atom. The van der Waals surface area contributed by atoms with Crippen molar-refractivity contribution < 1.29 is 0 Å². The molecule has 0 aliphatic carbocycles. The minimum absolute atomic E-state index is 0.370. The second-order valence-electron chi connectivity index (χ2n) is 7.51. The number of para-hydroxylation sites is 1. The molecule has 5 heteroatoms. The summed E-state index contributed by atoms with van der Waals surface area (Å²) in [6, 6.07) is 10.1. The number of guanidine groups is 2. The van der Waals surface area contributed by atoms with Gasteiger partial charge in [-0.05, 0) is 32.4 Å². The van der Waals surface area contributed by atoms with Gasteiger partial charge >= 0.3 is 0 Å². The maximum Gasteiger partial charge on any atom is 0.223 e. The van der Waals surface area contributed by atoms with Crippen LogP contribution in [0.4, 0.5) is 5.69 Å². The predicted octanol–water partition coefficient (Wildman–Crippen LogP) is 4.64. The second-order valence-corrected chi connectivity index (χ2v) is 7.51. The first-order valence-electron chi connectivity index (χ1n) is 10.1. The monoisotopic (exact) mass is 357 g/mol. The average molecular weight is 358 g/mol. The molecule has 0 atom stereocenters. The van der Waals surface area contributed by atoms with Gasteiger partial charge in [-0.2, -0.15) is 4.99 Å². The minimum Gasteiger partial charge on any atom is -0.369 e. The average Bonchev–Trinajstić information content (AvgIpc) is 2.60. The molecule has 0 radical (unpaired) electrons. The van der Waals surface area contributed by atoms with Crippen LogP contribution in [-0.2, 0) is 0 Å². The zero-order chi connectivity index (χ0) is 18.8. The maximum atomic E-state index is 6.24. The Morgan fingerprint density at radius 3 is 2.23 bits per heavy atom.